The van der Waals surface area contributed by atoms with Crippen molar-refractivity contribution in [2.24, 2.45) is 0 Å². The highest BCUT2D eigenvalue weighted by Gasteiger charge is 2.32. The van der Waals surface area contributed by atoms with Gasteiger partial charge in [0.05, 0.1) is 18.3 Å². The lowest BCUT2D eigenvalue weighted by atomic mass is 10.1. The Bertz CT molecular complexity index is 1080. The Hall–Kier alpha value is -3.02. The molecular weight excluding hydrogens is 454 g/mol. The number of nitrogens with zero attached hydrogens (tertiary/aromatic N) is 3. The Kier molecular flexibility index (Phi) is 7.12. The minimum atomic E-state index is -4.71. The van der Waals surface area contributed by atoms with Crippen LogP contribution in [0, 0.1) is 5.82 Å². The molecule has 1 saturated heterocycles. The average Bonchev–Trinajstić information content (AvgIpc) is 3.24. The average molecular weight is 472 g/mol. The van der Waals surface area contributed by atoms with Crippen molar-refractivity contribution in [3.63, 3.8) is 0 Å². The highest BCUT2D eigenvalue weighted by Crippen LogP contribution is 2.29. The number of alkyl halides is 3. The number of morpholine rings is 1. The standard InChI is InChI=1S/C20H17F4N5O2.ClH/c21-15-9-13(20(22,23)24)10-26-18(15)29-7-5-16(28-29)19(30)27-14-3-1-12(2-4-14)17-11-25-6-8-31-17;/h1-5,7,9-10,17,25H,6,8,11H2,(H,27,30);1H. The molecule has 1 amide bonds. The maximum Gasteiger partial charge on any atom is 0.417 e. The van der Waals surface area contributed by atoms with Gasteiger partial charge in [-0.15, -0.1) is 12.4 Å². The van der Waals surface area contributed by atoms with E-state index in [0.717, 1.165) is 16.8 Å². The number of ether oxygens (including phenoxy) is 1. The molecule has 1 unspecified atom stereocenters. The van der Waals surface area contributed by atoms with E-state index in [1.807, 2.05) is 12.1 Å². The molecule has 7 nitrogen and oxygen atoms in total. The summed E-state index contributed by atoms with van der Waals surface area (Å²) in [7, 11) is 0. The lowest BCUT2D eigenvalue weighted by Gasteiger charge is -2.24. The number of benzene rings is 1. The van der Waals surface area contributed by atoms with Gasteiger partial charge >= 0.3 is 6.18 Å². The molecule has 1 atom stereocenters. The number of anilines is 1. The summed E-state index contributed by atoms with van der Waals surface area (Å²) >= 11 is 0. The van der Waals surface area contributed by atoms with Crippen LogP contribution in [0.2, 0.25) is 0 Å². The molecule has 0 aliphatic carbocycles. The van der Waals surface area contributed by atoms with Crippen LogP contribution in [0.4, 0.5) is 23.2 Å². The normalized spacial score (nSPS) is 16.3. The van der Waals surface area contributed by atoms with Crippen molar-refractivity contribution >= 4 is 24.0 Å². The van der Waals surface area contributed by atoms with Crippen LogP contribution in [0.25, 0.3) is 5.82 Å². The fourth-order valence-electron chi connectivity index (χ4n) is 3.07. The van der Waals surface area contributed by atoms with E-state index < -0.39 is 29.3 Å². The largest absolute Gasteiger partial charge is 0.417 e. The first-order chi connectivity index (χ1) is 14.8. The number of nitrogens with one attached hydrogen (secondary N) is 2. The van der Waals surface area contributed by atoms with Crippen LogP contribution in [-0.4, -0.2) is 40.4 Å². The molecule has 32 heavy (non-hydrogen) atoms. The van der Waals surface area contributed by atoms with Crippen LogP contribution in [0.1, 0.15) is 27.7 Å². The Morgan fingerprint density at radius 3 is 2.59 bits per heavy atom. The third-order valence-electron chi connectivity index (χ3n) is 4.66. The van der Waals surface area contributed by atoms with Crippen LogP contribution in [0.15, 0.2) is 48.8 Å². The number of pyridine rings is 1. The Balaban J connectivity index is 0.00000289. The van der Waals surface area contributed by atoms with Crippen molar-refractivity contribution in [3.05, 3.63) is 71.4 Å². The third-order valence-corrected chi connectivity index (χ3v) is 4.66. The van der Waals surface area contributed by atoms with Crippen LogP contribution < -0.4 is 10.6 Å². The summed E-state index contributed by atoms with van der Waals surface area (Å²) in [6, 6.07) is 8.76. The highest BCUT2D eigenvalue weighted by atomic mass is 35.5. The van der Waals surface area contributed by atoms with Crippen LogP contribution in [-0.2, 0) is 10.9 Å². The predicted octanol–water partition coefficient (Wildman–Crippen LogP) is 3.76. The molecule has 1 aliphatic rings. The van der Waals surface area contributed by atoms with E-state index in [0.29, 0.717) is 31.1 Å². The van der Waals surface area contributed by atoms with Crippen LogP contribution in [0.3, 0.4) is 0 Å². The molecule has 1 aliphatic heterocycles. The van der Waals surface area contributed by atoms with Crippen molar-refractivity contribution in [2.45, 2.75) is 12.3 Å². The van der Waals surface area contributed by atoms with Crippen molar-refractivity contribution in [2.75, 3.05) is 25.0 Å². The van der Waals surface area contributed by atoms with Gasteiger partial charge in [0, 0.05) is 31.2 Å². The summed E-state index contributed by atoms with van der Waals surface area (Å²) in [5.74, 6) is -2.22. The van der Waals surface area contributed by atoms with Gasteiger partial charge in [0.1, 0.15) is 0 Å². The maximum atomic E-state index is 14.1. The smallest absolute Gasteiger partial charge is 0.371 e. The van der Waals surface area contributed by atoms with E-state index in [4.69, 9.17) is 4.74 Å². The topological polar surface area (TPSA) is 81.1 Å². The van der Waals surface area contributed by atoms with Crippen LogP contribution in [0.5, 0.6) is 0 Å². The molecule has 2 N–H and O–H groups in total. The molecule has 0 saturated carbocycles. The summed E-state index contributed by atoms with van der Waals surface area (Å²) in [5, 5.41) is 9.81. The molecule has 170 valence electrons. The summed E-state index contributed by atoms with van der Waals surface area (Å²) < 4.78 is 58.6. The van der Waals surface area contributed by atoms with Crippen molar-refractivity contribution in [3.8, 4) is 5.82 Å². The fourth-order valence-corrected chi connectivity index (χ4v) is 3.07. The number of rotatable bonds is 4. The molecule has 0 bridgehead atoms. The van der Waals surface area contributed by atoms with Crippen molar-refractivity contribution in [1.82, 2.24) is 20.1 Å². The molecular formula is C20H18ClF4N5O2. The van der Waals surface area contributed by atoms with Gasteiger partial charge in [-0.3, -0.25) is 4.79 Å². The molecule has 3 aromatic rings. The predicted molar refractivity (Wildman–Crippen MR) is 110 cm³/mol. The third kappa shape index (κ3) is 5.23. The first kappa shape index (κ1) is 23.6. The molecule has 1 aromatic carbocycles. The van der Waals surface area contributed by atoms with E-state index >= 15 is 0 Å². The molecule has 0 spiro atoms. The van der Waals surface area contributed by atoms with Crippen molar-refractivity contribution in [1.29, 1.82) is 0 Å². The second-order valence-electron chi connectivity index (χ2n) is 6.81. The van der Waals surface area contributed by atoms with Crippen molar-refractivity contribution < 1.29 is 27.1 Å². The van der Waals surface area contributed by atoms with Gasteiger partial charge in [-0.2, -0.15) is 18.3 Å². The SMILES string of the molecule is Cl.O=C(Nc1ccc(C2CNCCO2)cc1)c1ccn(-c2ncc(C(F)(F)F)cc2F)n1. The summed E-state index contributed by atoms with van der Waals surface area (Å²) in [5.41, 5.74) is 0.228. The molecule has 3 heterocycles. The second kappa shape index (κ2) is 9.63. The molecule has 4 rings (SSSR count). The number of carbonyl (C=O) groups excluding carboxylic acids is 1. The monoisotopic (exact) mass is 471 g/mol. The minimum absolute atomic E-state index is 0. The van der Waals surface area contributed by atoms with E-state index in [-0.39, 0.29) is 24.2 Å². The number of carbonyl (C=O) groups is 1. The summed E-state index contributed by atoms with van der Waals surface area (Å²) in [4.78, 5) is 15.9. The Morgan fingerprint density at radius 1 is 1.22 bits per heavy atom. The van der Waals surface area contributed by atoms with Gasteiger partial charge < -0.3 is 15.4 Å². The van der Waals surface area contributed by atoms with Gasteiger partial charge in [0.2, 0.25) is 0 Å². The maximum absolute atomic E-state index is 14.1. The minimum Gasteiger partial charge on any atom is -0.371 e. The number of hydrogen-bond donors (Lipinski definition) is 2. The van der Waals surface area contributed by atoms with E-state index in [1.54, 1.807) is 12.1 Å². The molecule has 2 aromatic heterocycles. The van der Waals surface area contributed by atoms with E-state index in [2.05, 4.69) is 20.7 Å². The summed E-state index contributed by atoms with van der Waals surface area (Å²) in [6.45, 7) is 2.14. The molecule has 12 heteroatoms. The summed E-state index contributed by atoms with van der Waals surface area (Å²) in [6.07, 6.45) is -3.02. The quantitative estimate of drug-likeness (QED) is 0.566. The Labute approximate surface area is 186 Å². The van der Waals surface area contributed by atoms with E-state index in [1.165, 1.54) is 12.3 Å². The van der Waals surface area contributed by atoms with Gasteiger partial charge in [-0.1, -0.05) is 12.1 Å². The lowest BCUT2D eigenvalue weighted by molar-refractivity contribution is -0.138. The van der Waals surface area contributed by atoms with Gasteiger partial charge in [0.15, 0.2) is 17.3 Å². The number of hydrogen-bond acceptors (Lipinski definition) is 5. The first-order valence-electron chi connectivity index (χ1n) is 9.34. The second-order valence-corrected chi connectivity index (χ2v) is 6.81. The molecule has 1 fully saturated rings. The Morgan fingerprint density at radius 2 is 1.97 bits per heavy atom. The number of amides is 1. The first-order valence-corrected chi connectivity index (χ1v) is 9.34. The van der Waals surface area contributed by atoms with Gasteiger partial charge in [-0.25, -0.2) is 14.1 Å². The zero-order chi connectivity index (χ0) is 22.0. The highest BCUT2D eigenvalue weighted by molar-refractivity contribution is 6.02. The van der Waals surface area contributed by atoms with Gasteiger partial charge in [-0.05, 0) is 29.8 Å². The zero-order valence-electron chi connectivity index (χ0n) is 16.4. The van der Waals surface area contributed by atoms with Crippen LogP contribution >= 0.6 is 12.4 Å². The fraction of sp³-hybridized carbons (Fsp3) is 0.250. The molecule has 0 radical (unpaired) electrons. The number of aromatic nitrogens is 3. The van der Waals surface area contributed by atoms with E-state index in [9.17, 15) is 22.4 Å². The zero-order valence-corrected chi connectivity index (χ0v) is 17.2. The van der Waals surface area contributed by atoms with Gasteiger partial charge in [0.25, 0.3) is 5.91 Å². The number of halogens is 5. The lowest BCUT2D eigenvalue weighted by Crippen LogP contribution is -2.33.